The Morgan fingerprint density at radius 3 is 2.85 bits per heavy atom. The van der Waals surface area contributed by atoms with Crippen molar-refractivity contribution in [2.45, 2.75) is 6.54 Å². The Labute approximate surface area is 87.3 Å². The van der Waals surface area contributed by atoms with E-state index in [-0.39, 0.29) is 0 Å². The molecule has 0 atom stereocenters. The zero-order valence-corrected chi connectivity index (χ0v) is 8.95. The molecule has 8 heteroatoms. The van der Waals surface area contributed by atoms with Crippen molar-refractivity contribution in [1.82, 2.24) is 35.0 Å². The Balaban J connectivity index is 2.14. The minimum Gasteiger partial charge on any atom is -0.244 e. The van der Waals surface area contributed by atoms with E-state index in [9.17, 15) is 0 Å². The van der Waals surface area contributed by atoms with Gasteiger partial charge in [0.05, 0.1) is 7.05 Å². The summed E-state index contributed by atoms with van der Waals surface area (Å²) in [6.07, 6.45) is 1.64. The van der Waals surface area contributed by atoms with Crippen molar-refractivity contribution < 1.29 is 0 Å². The number of rotatable bonds is 2. The number of hydrogen-bond acceptors (Lipinski definition) is 5. The highest BCUT2D eigenvalue weighted by molar-refractivity contribution is 14.1. The van der Waals surface area contributed by atoms with Gasteiger partial charge in [0, 0.05) is 22.6 Å². The van der Waals surface area contributed by atoms with Crippen molar-refractivity contribution in [1.29, 1.82) is 0 Å². The van der Waals surface area contributed by atoms with E-state index in [1.807, 2.05) is 22.6 Å². The van der Waals surface area contributed by atoms with E-state index < -0.39 is 0 Å². The van der Waals surface area contributed by atoms with E-state index in [1.165, 1.54) is 4.80 Å². The van der Waals surface area contributed by atoms with Crippen molar-refractivity contribution >= 4 is 22.6 Å². The fraction of sp³-hybridized carbons (Fsp3) is 0.400. The third-order valence-electron chi connectivity index (χ3n) is 1.36. The van der Waals surface area contributed by atoms with Crippen molar-refractivity contribution in [2.24, 2.45) is 7.05 Å². The van der Waals surface area contributed by atoms with Gasteiger partial charge >= 0.3 is 0 Å². The molecule has 2 aromatic rings. The summed E-state index contributed by atoms with van der Waals surface area (Å²) in [5, 5.41) is 15.7. The monoisotopic (exact) mass is 291 g/mol. The van der Waals surface area contributed by atoms with Crippen LogP contribution in [-0.2, 0) is 13.6 Å². The first-order valence-corrected chi connectivity index (χ1v) is 4.60. The molecule has 0 fully saturated rings. The van der Waals surface area contributed by atoms with Gasteiger partial charge in [-0.15, -0.1) is 15.3 Å². The van der Waals surface area contributed by atoms with Gasteiger partial charge in [-0.2, -0.15) is 4.80 Å². The average Bonchev–Trinajstić information content (AvgIpc) is 2.62. The van der Waals surface area contributed by atoms with E-state index in [0.717, 1.165) is 0 Å². The van der Waals surface area contributed by atoms with Gasteiger partial charge in [0.25, 0.3) is 0 Å². The molecule has 2 heterocycles. The van der Waals surface area contributed by atoms with Gasteiger partial charge < -0.3 is 0 Å². The summed E-state index contributed by atoms with van der Waals surface area (Å²) >= 11 is 2.04. The molecule has 0 unspecified atom stereocenters. The zero-order valence-electron chi connectivity index (χ0n) is 6.79. The fourth-order valence-electron chi connectivity index (χ4n) is 0.880. The topological polar surface area (TPSA) is 74.3 Å². The first-order valence-electron chi connectivity index (χ1n) is 3.52. The Kier molecular flexibility index (Phi) is 2.20. The molecule has 0 aromatic carbocycles. The Morgan fingerprint density at radius 2 is 2.31 bits per heavy atom. The second kappa shape index (κ2) is 3.36. The van der Waals surface area contributed by atoms with Crippen molar-refractivity contribution in [3.8, 4) is 0 Å². The lowest BCUT2D eigenvalue weighted by Gasteiger charge is -1.91. The molecule has 0 aliphatic heterocycles. The van der Waals surface area contributed by atoms with E-state index in [2.05, 4.69) is 25.5 Å². The highest BCUT2D eigenvalue weighted by atomic mass is 127. The Hall–Kier alpha value is -1.06. The third kappa shape index (κ3) is 1.99. The number of hydrogen-bond donors (Lipinski definition) is 0. The number of tetrazole rings is 1. The van der Waals surface area contributed by atoms with Gasteiger partial charge in [-0.3, -0.25) is 0 Å². The van der Waals surface area contributed by atoms with E-state index in [0.29, 0.717) is 16.2 Å². The Bertz CT molecular complexity index is 366. The van der Waals surface area contributed by atoms with Crippen LogP contribution in [-0.4, -0.2) is 35.0 Å². The van der Waals surface area contributed by atoms with Crippen molar-refractivity contribution in [3.05, 3.63) is 16.0 Å². The molecule has 0 N–H and O–H groups in total. The molecule has 13 heavy (non-hydrogen) atoms. The minimum absolute atomic E-state index is 0.504. The molecule has 68 valence electrons. The molecule has 2 rings (SSSR count). The molecule has 0 bridgehead atoms. The summed E-state index contributed by atoms with van der Waals surface area (Å²) < 4.78 is 2.38. The van der Waals surface area contributed by atoms with Gasteiger partial charge in [-0.05, 0) is 5.21 Å². The zero-order chi connectivity index (χ0) is 9.26. The molecule has 0 spiro atoms. The molecular weight excluding hydrogens is 285 g/mol. The van der Waals surface area contributed by atoms with Crippen LogP contribution >= 0.6 is 22.6 Å². The summed E-state index contributed by atoms with van der Waals surface area (Å²) in [6, 6.07) is 0. The lowest BCUT2D eigenvalue weighted by molar-refractivity contribution is 0.616. The minimum atomic E-state index is 0.504. The Morgan fingerprint density at radius 1 is 1.46 bits per heavy atom. The number of aryl methyl sites for hydroxylation is 1. The molecule has 7 nitrogen and oxygen atoms in total. The highest BCUT2D eigenvalue weighted by Gasteiger charge is 2.02. The van der Waals surface area contributed by atoms with Crippen molar-refractivity contribution in [3.63, 3.8) is 0 Å². The molecule has 0 aliphatic rings. The van der Waals surface area contributed by atoms with Crippen LogP contribution in [0.1, 0.15) is 5.82 Å². The molecule has 2 aromatic heterocycles. The van der Waals surface area contributed by atoms with E-state index in [4.69, 9.17) is 0 Å². The molecule has 0 aliphatic carbocycles. The molecule has 0 saturated carbocycles. The van der Waals surface area contributed by atoms with Crippen LogP contribution < -0.4 is 0 Å². The van der Waals surface area contributed by atoms with Crippen LogP contribution in [0.3, 0.4) is 0 Å². The van der Waals surface area contributed by atoms with Gasteiger partial charge in [-0.1, -0.05) is 0 Å². The number of nitrogens with zero attached hydrogens (tertiary/aromatic N) is 7. The predicted octanol–water partition coefficient (Wildman–Crippen LogP) is -0.546. The maximum atomic E-state index is 4.09. The van der Waals surface area contributed by atoms with Crippen molar-refractivity contribution in [2.75, 3.05) is 0 Å². The molecule has 0 amide bonds. The molecule has 0 saturated heterocycles. The summed E-state index contributed by atoms with van der Waals surface area (Å²) in [5.74, 6) is 0.629. The third-order valence-corrected chi connectivity index (χ3v) is 1.86. The van der Waals surface area contributed by atoms with Crippen LogP contribution in [0, 0.1) is 3.83 Å². The highest BCUT2D eigenvalue weighted by Crippen LogP contribution is 1.96. The van der Waals surface area contributed by atoms with Crippen LogP contribution in [0.4, 0.5) is 0 Å². The summed E-state index contributed by atoms with van der Waals surface area (Å²) in [4.78, 5) is 5.39. The first kappa shape index (κ1) is 8.53. The number of aromatic nitrogens is 7. The number of halogens is 1. The van der Waals surface area contributed by atoms with Gasteiger partial charge in [-0.25, -0.2) is 9.67 Å². The van der Waals surface area contributed by atoms with E-state index in [1.54, 1.807) is 18.1 Å². The predicted molar refractivity (Wildman–Crippen MR) is 50.6 cm³/mol. The standard InChI is InChI=1S/C5H6IN7/c1-12-9-4(8-11-12)2-13-3-7-5(6)10-13/h3H,2H2,1H3. The maximum absolute atomic E-state index is 4.09. The summed E-state index contributed by atoms with van der Waals surface area (Å²) in [7, 11) is 1.72. The van der Waals surface area contributed by atoms with E-state index >= 15 is 0 Å². The van der Waals surface area contributed by atoms with Crippen LogP contribution in [0.25, 0.3) is 0 Å². The summed E-state index contributed by atoms with van der Waals surface area (Å²) in [5.41, 5.74) is 0. The van der Waals surface area contributed by atoms with Crippen LogP contribution in [0.5, 0.6) is 0 Å². The summed E-state index contributed by atoms with van der Waals surface area (Å²) in [6.45, 7) is 0.504. The lowest BCUT2D eigenvalue weighted by atomic mass is 10.6. The first-order chi connectivity index (χ1) is 6.24. The van der Waals surface area contributed by atoms with Crippen LogP contribution in [0.2, 0.25) is 0 Å². The largest absolute Gasteiger partial charge is 0.244 e. The van der Waals surface area contributed by atoms with Crippen LogP contribution in [0.15, 0.2) is 6.33 Å². The SMILES string of the molecule is Cn1nnc(Cn2cnc(I)n2)n1. The normalized spacial score (nSPS) is 10.6. The van der Waals surface area contributed by atoms with Gasteiger partial charge in [0.2, 0.25) is 3.83 Å². The van der Waals surface area contributed by atoms with Gasteiger partial charge in [0.15, 0.2) is 5.82 Å². The average molecular weight is 291 g/mol. The fourth-order valence-corrected chi connectivity index (χ4v) is 1.28. The lowest BCUT2D eigenvalue weighted by Crippen LogP contribution is -2.03. The molecule has 0 radical (unpaired) electrons. The maximum Gasteiger partial charge on any atom is 0.211 e. The smallest absolute Gasteiger partial charge is 0.211 e. The quantitative estimate of drug-likeness (QED) is 0.694. The van der Waals surface area contributed by atoms with Gasteiger partial charge in [0.1, 0.15) is 12.9 Å². The molecular formula is C5H6IN7. The second-order valence-electron chi connectivity index (χ2n) is 2.41. The second-order valence-corrected chi connectivity index (χ2v) is 3.37.